The summed E-state index contributed by atoms with van der Waals surface area (Å²) in [6, 6.07) is 9.00. The lowest BCUT2D eigenvalue weighted by Gasteiger charge is -2.09. The Morgan fingerprint density at radius 1 is 1.13 bits per heavy atom. The zero-order valence-electron chi connectivity index (χ0n) is 16.0. The second-order valence-corrected chi connectivity index (χ2v) is 6.68. The lowest BCUT2D eigenvalue weighted by atomic mass is 10.1. The standard InChI is InChI=1S/C18H17BrN4O7/c1-3-29-18(24)10-30-17-8-14(15(22(25)26)9-16(17)23(27)28)21-20-11(2)12-4-6-13(19)7-5-12/h4-9,21H,3,10H2,1-2H3. The highest BCUT2D eigenvalue weighted by molar-refractivity contribution is 9.10. The first-order valence-corrected chi connectivity index (χ1v) is 9.33. The van der Waals surface area contributed by atoms with Crippen molar-refractivity contribution in [3.63, 3.8) is 0 Å². The van der Waals surface area contributed by atoms with Gasteiger partial charge in [-0.3, -0.25) is 25.7 Å². The molecule has 11 nitrogen and oxygen atoms in total. The number of carbonyl (C=O) groups excluding carboxylic acids is 1. The van der Waals surface area contributed by atoms with Crippen molar-refractivity contribution in [2.75, 3.05) is 18.6 Å². The maximum Gasteiger partial charge on any atom is 0.344 e. The minimum Gasteiger partial charge on any atom is -0.475 e. The van der Waals surface area contributed by atoms with E-state index in [2.05, 4.69) is 26.5 Å². The van der Waals surface area contributed by atoms with Crippen LogP contribution in [-0.4, -0.2) is 34.7 Å². The normalized spacial score (nSPS) is 11.0. The Balaban J connectivity index is 2.38. The average molecular weight is 481 g/mol. The Morgan fingerprint density at radius 3 is 2.33 bits per heavy atom. The number of esters is 1. The van der Waals surface area contributed by atoms with Gasteiger partial charge in [-0.2, -0.15) is 5.10 Å². The van der Waals surface area contributed by atoms with Gasteiger partial charge in [-0.25, -0.2) is 4.79 Å². The molecule has 0 atom stereocenters. The molecule has 0 aliphatic heterocycles. The predicted octanol–water partition coefficient (Wildman–Crippen LogP) is 4.04. The summed E-state index contributed by atoms with van der Waals surface area (Å²) in [5, 5.41) is 26.8. The first-order valence-electron chi connectivity index (χ1n) is 8.54. The minimum absolute atomic E-state index is 0.113. The monoisotopic (exact) mass is 480 g/mol. The van der Waals surface area contributed by atoms with Crippen LogP contribution in [-0.2, 0) is 9.53 Å². The smallest absolute Gasteiger partial charge is 0.344 e. The quantitative estimate of drug-likeness (QED) is 0.244. The van der Waals surface area contributed by atoms with Gasteiger partial charge in [0.05, 0.1) is 22.2 Å². The van der Waals surface area contributed by atoms with Crippen LogP contribution in [0.1, 0.15) is 19.4 Å². The number of hydrogen-bond acceptors (Lipinski definition) is 9. The van der Waals surface area contributed by atoms with Gasteiger partial charge in [0.25, 0.3) is 0 Å². The number of anilines is 1. The molecule has 0 spiro atoms. The molecule has 2 aromatic carbocycles. The van der Waals surface area contributed by atoms with Crippen LogP contribution in [0.15, 0.2) is 46.0 Å². The molecule has 30 heavy (non-hydrogen) atoms. The Labute approximate surface area is 179 Å². The predicted molar refractivity (Wildman–Crippen MR) is 112 cm³/mol. The van der Waals surface area contributed by atoms with Crippen LogP contribution >= 0.6 is 15.9 Å². The Bertz CT molecular complexity index is 993. The Morgan fingerprint density at radius 2 is 1.77 bits per heavy atom. The van der Waals surface area contributed by atoms with Crippen LogP contribution in [0.4, 0.5) is 17.1 Å². The van der Waals surface area contributed by atoms with Crippen LogP contribution in [0.25, 0.3) is 0 Å². The van der Waals surface area contributed by atoms with Crippen LogP contribution in [0, 0.1) is 20.2 Å². The highest BCUT2D eigenvalue weighted by Crippen LogP contribution is 2.37. The van der Waals surface area contributed by atoms with Crippen molar-refractivity contribution in [3.05, 3.63) is 66.7 Å². The summed E-state index contributed by atoms with van der Waals surface area (Å²) in [6.07, 6.45) is 0. The second kappa shape index (κ2) is 10.3. The van der Waals surface area contributed by atoms with Gasteiger partial charge in [0, 0.05) is 10.5 Å². The molecule has 0 aliphatic rings. The SMILES string of the molecule is CCOC(=O)COc1cc(NN=C(C)c2ccc(Br)cc2)c([N+](=O)[O-])cc1[N+](=O)[O-]. The largest absolute Gasteiger partial charge is 0.475 e. The summed E-state index contributed by atoms with van der Waals surface area (Å²) < 4.78 is 10.7. The number of nitro groups is 2. The molecule has 0 saturated heterocycles. The molecule has 0 heterocycles. The van der Waals surface area contributed by atoms with E-state index in [9.17, 15) is 25.0 Å². The molecule has 158 valence electrons. The van der Waals surface area contributed by atoms with Gasteiger partial charge in [-0.05, 0) is 31.5 Å². The second-order valence-electron chi connectivity index (χ2n) is 5.76. The lowest BCUT2D eigenvalue weighted by molar-refractivity contribution is -0.394. The number of nitro benzene ring substituents is 2. The fraction of sp³-hybridized carbons (Fsp3) is 0.222. The third-order valence-corrected chi connectivity index (χ3v) is 4.26. The molecule has 0 saturated carbocycles. The first-order chi connectivity index (χ1) is 14.2. The van der Waals surface area contributed by atoms with Crippen LogP contribution in [0.3, 0.4) is 0 Å². The number of benzene rings is 2. The van der Waals surface area contributed by atoms with E-state index in [4.69, 9.17) is 9.47 Å². The zero-order chi connectivity index (χ0) is 22.3. The summed E-state index contributed by atoms with van der Waals surface area (Å²) in [7, 11) is 0. The lowest BCUT2D eigenvalue weighted by Crippen LogP contribution is -2.15. The topological polar surface area (TPSA) is 146 Å². The van der Waals surface area contributed by atoms with E-state index in [-0.39, 0.29) is 18.0 Å². The summed E-state index contributed by atoms with van der Waals surface area (Å²) in [4.78, 5) is 32.5. The van der Waals surface area contributed by atoms with E-state index < -0.39 is 33.8 Å². The van der Waals surface area contributed by atoms with Crippen molar-refractivity contribution in [2.45, 2.75) is 13.8 Å². The molecule has 0 fully saturated rings. The van der Waals surface area contributed by atoms with Crippen LogP contribution in [0.5, 0.6) is 5.75 Å². The number of rotatable bonds is 9. The molecule has 0 amide bonds. The molecule has 2 rings (SSSR count). The van der Waals surface area contributed by atoms with Crippen molar-refractivity contribution in [1.82, 2.24) is 0 Å². The molecule has 0 unspecified atom stereocenters. The Hall–Kier alpha value is -3.54. The summed E-state index contributed by atoms with van der Waals surface area (Å²) in [5.74, 6) is -1.07. The molecule has 0 radical (unpaired) electrons. The van der Waals surface area contributed by atoms with Gasteiger partial charge in [-0.15, -0.1) is 0 Å². The van der Waals surface area contributed by atoms with E-state index in [1.165, 1.54) is 0 Å². The van der Waals surface area contributed by atoms with Crippen LogP contribution in [0.2, 0.25) is 0 Å². The van der Waals surface area contributed by atoms with Gasteiger partial charge < -0.3 is 9.47 Å². The zero-order valence-corrected chi connectivity index (χ0v) is 17.5. The van der Waals surface area contributed by atoms with Crippen molar-refractivity contribution in [1.29, 1.82) is 0 Å². The van der Waals surface area contributed by atoms with E-state index in [0.29, 0.717) is 5.71 Å². The first kappa shape index (κ1) is 22.7. The number of hydrazone groups is 1. The fourth-order valence-electron chi connectivity index (χ4n) is 2.30. The number of halogens is 1. The van der Waals surface area contributed by atoms with E-state index in [1.54, 1.807) is 26.0 Å². The van der Waals surface area contributed by atoms with E-state index in [0.717, 1.165) is 22.2 Å². The third kappa shape index (κ3) is 5.98. The highest BCUT2D eigenvalue weighted by atomic mass is 79.9. The van der Waals surface area contributed by atoms with Gasteiger partial charge in [-0.1, -0.05) is 28.1 Å². The van der Waals surface area contributed by atoms with Gasteiger partial charge in [0.1, 0.15) is 11.8 Å². The molecule has 2 aromatic rings. The number of hydrogen-bond donors (Lipinski definition) is 1. The molecule has 12 heteroatoms. The van der Waals surface area contributed by atoms with Gasteiger partial charge >= 0.3 is 17.3 Å². The number of ether oxygens (including phenoxy) is 2. The highest BCUT2D eigenvalue weighted by Gasteiger charge is 2.26. The average Bonchev–Trinajstić information content (AvgIpc) is 2.70. The van der Waals surface area contributed by atoms with E-state index in [1.807, 2.05) is 12.1 Å². The van der Waals surface area contributed by atoms with Crippen molar-refractivity contribution >= 4 is 44.7 Å². The molecule has 0 aromatic heterocycles. The maximum absolute atomic E-state index is 11.5. The third-order valence-electron chi connectivity index (χ3n) is 3.73. The van der Waals surface area contributed by atoms with Crippen molar-refractivity contribution < 1.29 is 24.1 Å². The molecular formula is C18H17BrN4O7. The molecular weight excluding hydrogens is 464 g/mol. The summed E-state index contributed by atoms with van der Waals surface area (Å²) >= 11 is 3.32. The summed E-state index contributed by atoms with van der Waals surface area (Å²) in [5.41, 5.74) is 2.45. The summed E-state index contributed by atoms with van der Waals surface area (Å²) in [6.45, 7) is 2.81. The van der Waals surface area contributed by atoms with Crippen molar-refractivity contribution in [2.24, 2.45) is 5.10 Å². The van der Waals surface area contributed by atoms with E-state index >= 15 is 0 Å². The van der Waals surface area contributed by atoms with Crippen LogP contribution < -0.4 is 10.2 Å². The molecule has 1 N–H and O–H groups in total. The molecule has 0 aliphatic carbocycles. The van der Waals surface area contributed by atoms with Gasteiger partial charge in [0.2, 0.25) is 0 Å². The van der Waals surface area contributed by atoms with Gasteiger partial charge in [0.15, 0.2) is 12.4 Å². The maximum atomic E-state index is 11.5. The number of nitrogens with zero attached hydrogens (tertiary/aromatic N) is 3. The fourth-order valence-corrected chi connectivity index (χ4v) is 2.56. The van der Waals surface area contributed by atoms with Crippen molar-refractivity contribution in [3.8, 4) is 5.75 Å². The minimum atomic E-state index is -0.840. The number of carbonyl (C=O) groups is 1. The number of nitrogens with one attached hydrogen (secondary N) is 1. The Kier molecular flexibility index (Phi) is 7.81. The molecule has 0 bridgehead atoms.